The monoisotopic (exact) mass is 280 g/mol. The van der Waals surface area contributed by atoms with E-state index in [9.17, 15) is 0 Å². The second kappa shape index (κ2) is 4.28. The van der Waals surface area contributed by atoms with Crippen molar-refractivity contribution in [1.82, 2.24) is 19.9 Å². The highest BCUT2D eigenvalue weighted by atomic mass is 16.5. The summed E-state index contributed by atoms with van der Waals surface area (Å²) in [7, 11) is 0. The predicted molar refractivity (Wildman–Crippen MR) is 80.1 cm³/mol. The first-order chi connectivity index (χ1) is 10.1. The Labute approximate surface area is 122 Å². The largest absolute Gasteiger partial charge is 0.488 e. The molecular formula is C16H16N4O. The van der Waals surface area contributed by atoms with Crippen molar-refractivity contribution in [2.45, 2.75) is 32.3 Å². The molecule has 0 aliphatic carbocycles. The average molecular weight is 280 g/mol. The third kappa shape index (κ3) is 2.14. The Kier molecular flexibility index (Phi) is 2.51. The van der Waals surface area contributed by atoms with E-state index < -0.39 is 0 Å². The molecule has 106 valence electrons. The van der Waals surface area contributed by atoms with Crippen LogP contribution in [-0.4, -0.2) is 25.5 Å². The Morgan fingerprint density at radius 2 is 2.19 bits per heavy atom. The zero-order chi connectivity index (χ0) is 14.4. The molecule has 0 fully saturated rings. The summed E-state index contributed by atoms with van der Waals surface area (Å²) in [6.45, 7) is 4.25. The lowest BCUT2D eigenvalue weighted by atomic mass is 9.93. The van der Waals surface area contributed by atoms with Crippen molar-refractivity contribution in [2.24, 2.45) is 0 Å². The van der Waals surface area contributed by atoms with Crippen molar-refractivity contribution in [3.8, 4) is 17.1 Å². The Balaban J connectivity index is 1.76. The van der Waals surface area contributed by atoms with Crippen LogP contribution >= 0.6 is 0 Å². The van der Waals surface area contributed by atoms with Crippen molar-refractivity contribution in [3.05, 3.63) is 36.3 Å². The normalized spacial score (nSPS) is 16.5. The third-order valence-electron chi connectivity index (χ3n) is 3.88. The maximum atomic E-state index is 6.02. The van der Waals surface area contributed by atoms with E-state index in [1.807, 2.05) is 12.1 Å². The first-order valence-electron chi connectivity index (χ1n) is 7.09. The molecule has 3 heterocycles. The number of nitrogens with one attached hydrogen (secondary N) is 1. The zero-order valence-electron chi connectivity index (χ0n) is 12.1. The number of hydrogen-bond donors (Lipinski definition) is 1. The summed E-state index contributed by atoms with van der Waals surface area (Å²) in [5, 5.41) is 0. The Hall–Kier alpha value is -2.43. The van der Waals surface area contributed by atoms with Crippen molar-refractivity contribution < 1.29 is 4.74 Å². The molecule has 0 amide bonds. The van der Waals surface area contributed by atoms with Gasteiger partial charge in [0.05, 0.1) is 6.20 Å². The third-order valence-corrected chi connectivity index (χ3v) is 3.88. The van der Waals surface area contributed by atoms with Crippen molar-refractivity contribution in [3.63, 3.8) is 0 Å². The van der Waals surface area contributed by atoms with Crippen molar-refractivity contribution in [1.29, 1.82) is 0 Å². The summed E-state index contributed by atoms with van der Waals surface area (Å²) in [6, 6.07) is 6.21. The van der Waals surface area contributed by atoms with Crippen LogP contribution in [0.3, 0.4) is 0 Å². The number of aryl methyl sites for hydroxylation is 1. The maximum absolute atomic E-state index is 6.02. The fourth-order valence-corrected chi connectivity index (χ4v) is 2.70. The minimum Gasteiger partial charge on any atom is -0.488 e. The summed E-state index contributed by atoms with van der Waals surface area (Å²) in [4.78, 5) is 15.9. The van der Waals surface area contributed by atoms with E-state index in [2.05, 4.69) is 39.8 Å². The van der Waals surface area contributed by atoms with Gasteiger partial charge in [-0.3, -0.25) is 0 Å². The molecule has 1 N–H and O–H groups in total. The fraction of sp³-hybridized carbons (Fsp3) is 0.312. The quantitative estimate of drug-likeness (QED) is 0.744. The van der Waals surface area contributed by atoms with Crippen LogP contribution in [-0.2, 0) is 6.42 Å². The van der Waals surface area contributed by atoms with Crippen LogP contribution in [0.5, 0.6) is 5.75 Å². The summed E-state index contributed by atoms with van der Waals surface area (Å²) in [6.07, 6.45) is 5.30. The molecule has 1 aliphatic rings. The molecule has 1 aromatic carbocycles. The lowest BCUT2D eigenvalue weighted by Gasteiger charge is -2.32. The number of ether oxygens (including phenoxy) is 1. The van der Waals surface area contributed by atoms with Crippen LogP contribution in [0.25, 0.3) is 22.6 Å². The molecular weight excluding hydrogens is 264 g/mol. The van der Waals surface area contributed by atoms with Crippen LogP contribution in [0, 0.1) is 0 Å². The topological polar surface area (TPSA) is 63.7 Å². The Bertz CT molecular complexity index is 789. The van der Waals surface area contributed by atoms with Gasteiger partial charge in [0.25, 0.3) is 0 Å². The number of rotatable bonds is 1. The summed E-state index contributed by atoms with van der Waals surface area (Å²) in [5.74, 6) is 1.80. The van der Waals surface area contributed by atoms with Crippen LogP contribution in [0.4, 0.5) is 0 Å². The van der Waals surface area contributed by atoms with E-state index in [0.717, 1.165) is 35.5 Å². The fourth-order valence-electron chi connectivity index (χ4n) is 2.70. The molecule has 0 saturated carbocycles. The standard InChI is InChI=1S/C16H16N4O/c1-16(2)6-5-10-7-11(3-4-13(10)21-16)14-19-12-8-17-9-18-15(12)20-14/h3-4,7-9H,5-6H2,1-2H3,(H,17,18,19,20). The lowest BCUT2D eigenvalue weighted by Crippen LogP contribution is -2.32. The molecule has 0 radical (unpaired) electrons. The molecule has 5 nitrogen and oxygen atoms in total. The van der Waals surface area contributed by atoms with Gasteiger partial charge in [-0.1, -0.05) is 0 Å². The molecule has 0 bridgehead atoms. The van der Waals surface area contributed by atoms with E-state index in [0.29, 0.717) is 5.65 Å². The number of imidazole rings is 1. The molecule has 0 spiro atoms. The summed E-state index contributed by atoms with van der Waals surface area (Å²) >= 11 is 0. The molecule has 0 atom stereocenters. The van der Waals surface area contributed by atoms with Gasteiger partial charge in [0.2, 0.25) is 0 Å². The van der Waals surface area contributed by atoms with Crippen LogP contribution in [0.15, 0.2) is 30.7 Å². The van der Waals surface area contributed by atoms with Gasteiger partial charge in [0, 0.05) is 5.56 Å². The minimum absolute atomic E-state index is 0.0799. The maximum Gasteiger partial charge on any atom is 0.181 e. The number of fused-ring (bicyclic) bond motifs is 2. The second-order valence-electron chi connectivity index (χ2n) is 6.03. The van der Waals surface area contributed by atoms with Gasteiger partial charge in [0.15, 0.2) is 5.65 Å². The first kappa shape index (κ1) is 12.3. The van der Waals surface area contributed by atoms with E-state index in [1.165, 1.54) is 11.9 Å². The van der Waals surface area contributed by atoms with Crippen molar-refractivity contribution in [2.75, 3.05) is 0 Å². The SMILES string of the molecule is CC1(C)CCc2cc(-c3nc4ncncc4[nH]3)ccc2O1. The zero-order valence-corrected chi connectivity index (χ0v) is 12.1. The van der Waals surface area contributed by atoms with Crippen molar-refractivity contribution >= 4 is 11.2 Å². The van der Waals surface area contributed by atoms with Gasteiger partial charge in [-0.25, -0.2) is 15.0 Å². The van der Waals surface area contributed by atoms with Crippen LogP contribution in [0.1, 0.15) is 25.8 Å². The highest BCUT2D eigenvalue weighted by Gasteiger charge is 2.26. The van der Waals surface area contributed by atoms with Gasteiger partial charge >= 0.3 is 0 Å². The van der Waals surface area contributed by atoms with Crippen LogP contribution in [0.2, 0.25) is 0 Å². The summed E-state index contributed by atoms with van der Waals surface area (Å²) in [5.41, 5.74) is 3.75. The van der Waals surface area contributed by atoms with Gasteiger partial charge in [-0.2, -0.15) is 0 Å². The second-order valence-corrected chi connectivity index (χ2v) is 6.03. The number of aromatic amines is 1. The first-order valence-corrected chi connectivity index (χ1v) is 7.09. The van der Waals surface area contributed by atoms with Gasteiger partial charge in [-0.05, 0) is 50.5 Å². The number of H-pyrrole nitrogens is 1. The number of hydrogen-bond acceptors (Lipinski definition) is 4. The molecule has 21 heavy (non-hydrogen) atoms. The Morgan fingerprint density at radius 1 is 1.29 bits per heavy atom. The van der Waals surface area contributed by atoms with Crippen LogP contribution < -0.4 is 4.74 Å². The van der Waals surface area contributed by atoms with Gasteiger partial charge in [0.1, 0.15) is 29.0 Å². The minimum atomic E-state index is -0.0799. The molecule has 0 saturated heterocycles. The molecule has 3 aromatic rings. The lowest BCUT2D eigenvalue weighted by molar-refractivity contribution is 0.0847. The van der Waals surface area contributed by atoms with E-state index in [4.69, 9.17) is 4.74 Å². The Morgan fingerprint density at radius 3 is 3.05 bits per heavy atom. The highest BCUT2D eigenvalue weighted by Crippen LogP contribution is 2.35. The number of nitrogens with zero attached hydrogens (tertiary/aromatic N) is 3. The highest BCUT2D eigenvalue weighted by molar-refractivity contribution is 5.75. The number of benzene rings is 1. The van der Waals surface area contributed by atoms with Gasteiger partial charge in [-0.15, -0.1) is 0 Å². The molecule has 1 aliphatic heterocycles. The summed E-state index contributed by atoms with van der Waals surface area (Å²) < 4.78 is 6.02. The average Bonchev–Trinajstić information content (AvgIpc) is 2.89. The molecule has 4 rings (SSSR count). The molecule has 2 aromatic heterocycles. The smallest absolute Gasteiger partial charge is 0.181 e. The van der Waals surface area contributed by atoms with E-state index >= 15 is 0 Å². The number of aromatic nitrogens is 4. The molecule has 5 heteroatoms. The molecule has 0 unspecified atom stereocenters. The van der Waals surface area contributed by atoms with E-state index in [1.54, 1.807) is 6.20 Å². The van der Waals surface area contributed by atoms with Gasteiger partial charge < -0.3 is 9.72 Å². The predicted octanol–water partition coefficient (Wildman–Crippen LogP) is 3.12. The van der Waals surface area contributed by atoms with E-state index in [-0.39, 0.29) is 5.60 Å².